The van der Waals surface area contributed by atoms with Crippen molar-refractivity contribution in [1.29, 1.82) is 0 Å². The average Bonchev–Trinajstić information content (AvgIpc) is 2.39. The van der Waals surface area contributed by atoms with Gasteiger partial charge in [0.25, 0.3) is 15.0 Å². The second kappa shape index (κ2) is 7.09. The molecule has 0 aliphatic rings. The molecule has 0 heterocycles. The molecule has 0 spiro atoms. The second-order valence-electron chi connectivity index (χ2n) is 4.61. The van der Waals surface area contributed by atoms with Crippen molar-refractivity contribution in [2.45, 2.75) is 44.2 Å². The Morgan fingerprint density at radius 3 is 2.52 bits per heavy atom. The lowest BCUT2D eigenvalue weighted by Crippen LogP contribution is -2.41. The lowest BCUT2D eigenvalue weighted by molar-refractivity contribution is -0.127. The van der Waals surface area contributed by atoms with Crippen molar-refractivity contribution in [3.05, 3.63) is 24.0 Å². The summed E-state index contributed by atoms with van der Waals surface area (Å²) in [6, 6.07) is 2.96. The lowest BCUT2D eigenvalue weighted by atomic mass is 10.2. The van der Waals surface area contributed by atoms with E-state index in [9.17, 15) is 17.6 Å². The molecule has 0 saturated heterocycles. The number of halogens is 2. The standard InChI is InChI=1S/C13H17ClFNO4S/c1-4-8(2)16-13(17)9(3)20-12-6-5-10(7-11(12)15)21(14,18)19/h5-9H,4H2,1-3H3,(H,16,17). The Balaban J connectivity index is 2.82. The van der Waals surface area contributed by atoms with Gasteiger partial charge in [-0.1, -0.05) is 6.92 Å². The first-order chi connectivity index (χ1) is 9.65. The Morgan fingerprint density at radius 2 is 2.05 bits per heavy atom. The fourth-order valence-corrected chi connectivity index (χ4v) is 2.20. The van der Waals surface area contributed by atoms with E-state index in [-0.39, 0.29) is 22.6 Å². The van der Waals surface area contributed by atoms with Gasteiger partial charge in [-0.25, -0.2) is 12.8 Å². The molecule has 21 heavy (non-hydrogen) atoms. The number of benzene rings is 1. The van der Waals surface area contributed by atoms with Gasteiger partial charge >= 0.3 is 0 Å². The van der Waals surface area contributed by atoms with Crippen molar-refractivity contribution in [2.75, 3.05) is 0 Å². The minimum Gasteiger partial charge on any atom is -0.478 e. The van der Waals surface area contributed by atoms with E-state index in [4.69, 9.17) is 15.4 Å². The molecule has 1 aromatic rings. The van der Waals surface area contributed by atoms with Gasteiger partial charge in [-0.05, 0) is 38.5 Å². The summed E-state index contributed by atoms with van der Waals surface area (Å²) < 4.78 is 41.1. The molecule has 0 radical (unpaired) electrons. The molecule has 0 aliphatic heterocycles. The van der Waals surface area contributed by atoms with E-state index in [1.54, 1.807) is 0 Å². The highest BCUT2D eigenvalue weighted by Crippen LogP contribution is 2.24. The van der Waals surface area contributed by atoms with E-state index >= 15 is 0 Å². The molecule has 1 amide bonds. The van der Waals surface area contributed by atoms with E-state index in [1.807, 2.05) is 13.8 Å². The maximum atomic E-state index is 13.8. The van der Waals surface area contributed by atoms with Gasteiger partial charge in [0.05, 0.1) is 4.90 Å². The van der Waals surface area contributed by atoms with Crippen molar-refractivity contribution in [2.24, 2.45) is 0 Å². The summed E-state index contributed by atoms with van der Waals surface area (Å²) in [4.78, 5) is 11.4. The fourth-order valence-electron chi connectivity index (χ4n) is 1.44. The molecule has 8 heteroatoms. The normalized spacial score (nSPS) is 14.3. The molecular weight excluding hydrogens is 321 g/mol. The van der Waals surface area contributed by atoms with Crippen LogP contribution in [0.25, 0.3) is 0 Å². The third kappa shape index (κ3) is 5.17. The first-order valence-electron chi connectivity index (χ1n) is 6.36. The molecule has 5 nitrogen and oxygen atoms in total. The van der Waals surface area contributed by atoms with E-state index in [2.05, 4.69) is 5.32 Å². The predicted octanol–water partition coefficient (Wildman–Crippen LogP) is 2.44. The Morgan fingerprint density at radius 1 is 1.43 bits per heavy atom. The Kier molecular flexibility index (Phi) is 5.98. The van der Waals surface area contributed by atoms with Crippen molar-refractivity contribution in [3.63, 3.8) is 0 Å². The third-order valence-electron chi connectivity index (χ3n) is 2.86. The SMILES string of the molecule is CCC(C)NC(=O)C(C)Oc1ccc(S(=O)(=O)Cl)cc1F. The van der Waals surface area contributed by atoms with Gasteiger partial charge in [0.1, 0.15) is 0 Å². The molecular formula is C13H17ClFNO4S. The number of rotatable bonds is 6. The van der Waals surface area contributed by atoms with Crippen molar-refractivity contribution < 1.29 is 22.3 Å². The molecule has 2 unspecified atom stereocenters. The average molecular weight is 338 g/mol. The highest BCUT2D eigenvalue weighted by molar-refractivity contribution is 8.13. The number of amides is 1. The summed E-state index contributed by atoms with van der Waals surface area (Å²) in [5.74, 6) is -1.50. The van der Waals surface area contributed by atoms with Crippen LogP contribution in [0.4, 0.5) is 4.39 Å². The summed E-state index contributed by atoms with van der Waals surface area (Å²) in [5, 5.41) is 2.70. The monoisotopic (exact) mass is 337 g/mol. The van der Waals surface area contributed by atoms with Gasteiger partial charge in [-0.2, -0.15) is 0 Å². The highest BCUT2D eigenvalue weighted by atomic mass is 35.7. The minimum atomic E-state index is -4.01. The predicted molar refractivity (Wildman–Crippen MR) is 77.4 cm³/mol. The van der Waals surface area contributed by atoms with Crippen LogP contribution in [0.1, 0.15) is 27.2 Å². The van der Waals surface area contributed by atoms with E-state index in [0.717, 1.165) is 24.6 Å². The number of nitrogens with one attached hydrogen (secondary N) is 1. The van der Waals surface area contributed by atoms with Gasteiger partial charge in [-0.15, -0.1) is 0 Å². The zero-order valence-corrected chi connectivity index (χ0v) is 13.5. The number of carbonyl (C=O) groups excluding carboxylic acids is 1. The molecule has 1 aromatic carbocycles. The molecule has 118 valence electrons. The summed E-state index contributed by atoms with van der Waals surface area (Å²) in [6.45, 7) is 5.23. The van der Waals surface area contributed by atoms with Crippen LogP contribution in [0.5, 0.6) is 5.75 Å². The van der Waals surface area contributed by atoms with Crippen LogP contribution in [-0.4, -0.2) is 26.5 Å². The quantitative estimate of drug-likeness (QED) is 0.809. The summed E-state index contributed by atoms with van der Waals surface area (Å²) in [5.41, 5.74) is 0. The largest absolute Gasteiger partial charge is 0.478 e. The van der Waals surface area contributed by atoms with Crippen LogP contribution < -0.4 is 10.1 Å². The smallest absolute Gasteiger partial charge is 0.261 e. The Bertz CT molecular complexity index is 621. The third-order valence-corrected chi connectivity index (χ3v) is 4.21. The molecule has 0 saturated carbocycles. The van der Waals surface area contributed by atoms with Crippen molar-refractivity contribution in [1.82, 2.24) is 5.32 Å². The molecule has 2 atom stereocenters. The zero-order chi connectivity index (χ0) is 16.2. The van der Waals surface area contributed by atoms with Gasteiger partial charge in [0.15, 0.2) is 17.7 Å². The Labute approximate surface area is 127 Å². The molecule has 1 rings (SSSR count). The topological polar surface area (TPSA) is 72.5 Å². The molecule has 0 bridgehead atoms. The maximum Gasteiger partial charge on any atom is 0.261 e. The van der Waals surface area contributed by atoms with E-state index in [0.29, 0.717) is 0 Å². The van der Waals surface area contributed by atoms with Crippen LogP contribution in [0.3, 0.4) is 0 Å². The zero-order valence-electron chi connectivity index (χ0n) is 11.9. The van der Waals surface area contributed by atoms with Crippen LogP contribution in [0.15, 0.2) is 23.1 Å². The summed E-state index contributed by atoms with van der Waals surface area (Å²) in [6.07, 6.45) is -0.151. The van der Waals surface area contributed by atoms with Crippen molar-refractivity contribution >= 4 is 25.6 Å². The van der Waals surface area contributed by atoms with Gasteiger partial charge in [-0.3, -0.25) is 4.79 Å². The van der Waals surface area contributed by atoms with Gasteiger partial charge in [0, 0.05) is 16.7 Å². The number of hydrogen-bond acceptors (Lipinski definition) is 4. The Hall–Kier alpha value is -1.34. The van der Waals surface area contributed by atoms with Crippen molar-refractivity contribution in [3.8, 4) is 5.75 Å². The highest BCUT2D eigenvalue weighted by Gasteiger charge is 2.19. The fraction of sp³-hybridized carbons (Fsp3) is 0.462. The minimum absolute atomic E-state index is 0.0165. The number of ether oxygens (including phenoxy) is 1. The van der Waals surface area contributed by atoms with Gasteiger partial charge < -0.3 is 10.1 Å². The first-order valence-corrected chi connectivity index (χ1v) is 8.67. The van der Waals surface area contributed by atoms with Crippen LogP contribution >= 0.6 is 10.7 Å². The first kappa shape index (κ1) is 17.7. The van der Waals surface area contributed by atoms with Gasteiger partial charge in [0.2, 0.25) is 0 Å². The maximum absolute atomic E-state index is 13.8. The molecule has 0 aliphatic carbocycles. The molecule has 0 fully saturated rings. The number of hydrogen-bond donors (Lipinski definition) is 1. The summed E-state index contributed by atoms with van der Waals surface area (Å²) >= 11 is 0. The molecule has 1 N–H and O–H groups in total. The number of carbonyl (C=O) groups is 1. The van der Waals surface area contributed by atoms with Crippen LogP contribution in [0, 0.1) is 5.82 Å². The van der Waals surface area contributed by atoms with Crippen LogP contribution in [0.2, 0.25) is 0 Å². The lowest BCUT2D eigenvalue weighted by Gasteiger charge is -2.18. The van der Waals surface area contributed by atoms with Crippen LogP contribution in [-0.2, 0) is 13.8 Å². The van der Waals surface area contributed by atoms with E-state index < -0.39 is 21.0 Å². The second-order valence-corrected chi connectivity index (χ2v) is 7.17. The molecule has 0 aromatic heterocycles. The van der Waals surface area contributed by atoms with E-state index in [1.165, 1.54) is 6.92 Å². The summed E-state index contributed by atoms with van der Waals surface area (Å²) in [7, 11) is 1.10.